The Kier molecular flexibility index (Phi) is 4.98. The number of nitrogens with zero attached hydrogens (tertiary/aromatic N) is 1. The average Bonchev–Trinajstić information content (AvgIpc) is 2.44. The lowest BCUT2D eigenvalue weighted by atomic mass is 10.1. The number of aryl methyl sites for hydroxylation is 1. The van der Waals surface area contributed by atoms with Crippen molar-refractivity contribution in [1.82, 2.24) is 4.98 Å². The van der Waals surface area contributed by atoms with E-state index in [9.17, 15) is 0 Å². The molecular formula is C15H17BrN2O2. The van der Waals surface area contributed by atoms with Crippen LogP contribution in [0.3, 0.4) is 0 Å². The molecular weight excluding hydrogens is 320 g/mol. The lowest BCUT2D eigenvalue weighted by Crippen LogP contribution is -2.03. The molecule has 20 heavy (non-hydrogen) atoms. The SMILES string of the molecule is COc1ccc(Oc2ncc(CCN)cc2C)c(Br)c1. The number of halogens is 1. The second-order valence-corrected chi connectivity index (χ2v) is 5.26. The van der Waals surface area contributed by atoms with Gasteiger partial charge in [-0.15, -0.1) is 0 Å². The number of benzene rings is 1. The number of hydrogen-bond donors (Lipinski definition) is 1. The summed E-state index contributed by atoms with van der Waals surface area (Å²) in [5.74, 6) is 2.07. The van der Waals surface area contributed by atoms with Crippen molar-refractivity contribution in [3.63, 3.8) is 0 Å². The summed E-state index contributed by atoms with van der Waals surface area (Å²) in [6.07, 6.45) is 2.62. The molecule has 0 saturated heterocycles. The van der Waals surface area contributed by atoms with E-state index in [1.54, 1.807) is 13.3 Å². The molecule has 0 bridgehead atoms. The summed E-state index contributed by atoms with van der Waals surface area (Å²) in [5.41, 5.74) is 7.64. The van der Waals surface area contributed by atoms with Crippen LogP contribution >= 0.6 is 15.9 Å². The molecule has 0 amide bonds. The van der Waals surface area contributed by atoms with Crippen molar-refractivity contribution >= 4 is 15.9 Å². The van der Waals surface area contributed by atoms with Gasteiger partial charge in [0.15, 0.2) is 0 Å². The van der Waals surface area contributed by atoms with Gasteiger partial charge in [-0.05, 0) is 65.6 Å². The second-order valence-electron chi connectivity index (χ2n) is 4.40. The minimum absolute atomic E-state index is 0.594. The second kappa shape index (κ2) is 6.72. The Morgan fingerprint density at radius 3 is 2.70 bits per heavy atom. The van der Waals surface area contributed by atoms with E-state index in [0.29, 0.717) is 18.2 Å². The van der Waals surface area contributed by atoms with Gasteiger partial charge in [0.25, 0.3) is 0 Å². The monoisotopic (exact) mass is 336 g/mol. The summed E-state index contributed by atoms with van der Waals surface area (Å²) < 4.78 is 11.8. The van der Waals surface area contributed by atoms with E-state index in [0.717, 1.165) is 27.8 Å². The van der Waals surface area contributed by atoms with Crippen LogP contribution in [0.5, 0.6) is 17.4 Å². The van der Waals surface area contributed by atoms with E-state index in [1.807, 2.05) is 31.2 Å². The van der Waals surface area contributed by atoms with Gasteiger partial charge in [0.1, 0.15) is 11.5 Å². The van der Waals surface area contributed by atoms with Crippen molar-refractivity contribution in [1.29, 1.82) is 0 Å². The molecule has 106 valence electrons. The number of hydrogen-bond acceptors (Lipinski definition) is 4. The topological polar surface area (TPSA) is 57.4 Å². The lowest BCUT2D eigenvalue weighted by Gasteiger charge is -2.11. The van der Waals surface area contributed by atoms with Gasteiger partial charge in [-0.2, -0.15) is 0 Å². The zero-order valence-corrected chi connectivity index (χ0v) is 13.1. The third-order valence-electron chi connectivity index (χ3n) is 2.87. The van der Waals surface area contributed by atoms with Gasteiger partial charge < -0.3 is 15.2 Å². The highest BCUT2D eigenvalue weighted by molar-refractivity contribution is 9.10. The summed E-state index contributed by atoms with van der Waals surface area (Å²) in [4.78, 5) is 4.35. The molecule has 0 atom stereocenters. The van der Waals surface area contributed by atoms with Crippen molar-refractivity contribution in [3.8, 4) is 17.4 Å². The van der Waals surface area contributed by atoms with Gasteiger partial charge in [0, 0.05) is 11.8 Å². The van der Waals surface area contributed by atoms with E-state index in [2.05, 4.69) is 20.9 Å². The first-order valence-corrected chi connectivity index (χ1v) is 7.10. The molecule has 0 aliphatic carbocycles. The Labute approximate surface area is 127 Å². The number of pyridine rings is 1. The van der Waals surface area contributed by atoms with Gasteiger partial charge >= 0.3 is 0 Å². The molecule has 2 rings (SSSR count). The fraction of sp³-hybridized carbons (Fsp3) is 0.267. The molecule has 1 aromatic heterocycles. The number of ether oxygens (including phenoxy) is 2. The summed E-state index contributed by atoms with van der Waals surface area (Å²) >= 11 is 3.46. The molecule has 0 spiro atoms. The van der Waals surface area contributed by atoms with E-state index < -0.39 is 0 Å². The Bertz CT molecular complexity index is 602. The van der Waals surface area contributed by atoms with E-state index in [-0.39, 0.29) is 0 Å². The maximum absolute atomic E-state index is 5.83. The van der Waals surface area contributed by atoms with Crippen molar-refractivity contribution in [3.05, 3.63) is 46.1 Å². The maximum Gasteiger partial charge on any atom is 0.222 e. The molecule has 0 aliphatic heterocycles. The highest BCUT2D eigenvalue weighted by atomic mass is 79.9. The maximum atomic E-state index is 5.83. The van der Waals surface area contributed by atoms with E-state index >= 15 is 0 Å². The third-order valence-corrected chi connectivity index (χ3v) is 3.49. The van der Waals surface area contributed by atoms with Gasteiger partial charge in [-0.25, -0.2) is 4.98 Å². The van der Waals surface area contributed by atoms with Crippen LogP contribution in [0, 0.1) is 6.92 Å². The zero-order chi connectivity index (χ0) is 14.5. The molecule has 0 saturated carbocycles. The molecule has 5 heteroatoms. The highest BCUT2D eigenvalue weighted by Crippen LogP contribution is 2.33. The summed E-state index contributed by atoms with van der Waals surface area (Å²) in [7, 11) is 1.63. The Morgan fingerprint density at radius 1 is 1.30 bits per heavy atom. The molecule has 1 heterocycles. The predicted molar refractivity (Wildman–Crippen MR) is 82.5 cm³/mol. The number of nitrogens with two attached hydrogens (primary N) is 1. The van der Waals surface area contributed by atoms with Crippen LogP contribution in [-0.2, 0) is 6.42 Å². The highest BCUT2D eigenvalue weighted by Gasteiger charge is 2.08. The zero-order valence-electron chi connectivity index (χ0n) is 11.5. The Morgan fingerprint density at radius 2 is 2.10 bits per heavy atom. The molecule has 0 aliphatic rings. The average molecular weight is 337 g/mol. The number of rotatable bonds is 5. The van der Waals surface area contributed by atoms with Crippen molar-refractivity contribution in [2.24, 2.45) is 5.73 Å². The first-order chi connectivity index (χ1) is 9.63. The molecule has 1 aromatic carbocycles. The molecule has 0 radical (unpaired) electrons. The summed E-state index contributed by atoms with van der Waals surface area (Å²) in [6.45, 7) is 2.59. The van der Waals surface area contributed by atoms with Gasteiger partial charge in [0.05, 0.1) is 11.6 Å². The summed E-state index contributed by atoms with van der Waals surface area (Å²) in [5, 5.41) is 0. The van der Waals surface area contributed by atoms with Gasteiger partial charge in [-0.3, -0.25) is 0 Å². The number of aromatic nitrogens is 1. The Hall–Kier alpha value is -1.59. The predicted octanol–water partition coefficient (Wildman–Crippen LogP) is 3.45. The van der Waals surface area contributed by atoms with Crippen LogP contribution in [0.25, 0.3) is 0 Å². The first-order valence-electron chi connectivity index (χ1n) is 6.31. The Balaban J connectivity index is 2.21. The fourth-order valence-corrected chi connectivity index (χ4v) is 2.26. The third kappa shape index (κ3) is 3.49. The smallest absolute Gasteiger partial charge is 0.222 e. The largest absolute Gasteiger partial charge is 0.497 e. The van der Waals surface area contributed by atoms with Crippen LogP contribution < -0.4 is 15.2 Å². The standard InChI is InChI=1S/C15H17BrN2O2/c1-10-7-11(5-6-17)9-18-15(10)20-14-4-3-12(19-2)8-13(14)16/h3-4,7-9H,5-6,17H2,1-2H3. The van der Waals surface area contributed by atoms with Crippen LogP contribution in [0.15, 0.2) is 34.9 Å². The quantitative estimate of drug-likeness (QED) is 0.908. The molecule has 4 nitrogen and oxygen atoms in total. The molecule has 2 N–H and O–H groups in total. The van der Waals surface area contributed by atoms with Crippen molar-refractivity contribution in [2.75, 3.05) is 13.7 Å². The normalized spacial score (nSPS) is 10.4. The summed E-state index contributed by atoms with van der Waals surface area (Å²) in [6, 6.07) is 7.59. The lowest BCUT2D eigenvalue weighted by molar-refractivity contribution is 0.411. The van der Waals surface area contributed by atoms with Crippen LogP contribution in [0.1, 0.15) is 11.1 Å². The van der Waals surface area contributed by atoms with Gasteiger partial charge in [-0.1, -0.05) is 0 Å². The minimum Gasteiger partial charge on any atom is -0.497 e. The molecule has 0 unspecified atom stereocenters. The van der Waals surface area contributed by atoms with Crippen molar-refractivity contribution < 1.29 is 9.47 Å². The van der Waals surface area contributed by atoms with Crippen LogP contribution in [0.4, 0.5) is 0 Å². The molecule has 0 fully saturated rings. The number of methoxy groups -OCH3 is 1. The van der Waals surface area contributed by atoms with Crippen LogP contribution in [-0.4, -0.2) is 18.6 Å². The van der Waals surface area contributed by atoms with Crippen molar-refractivity contribution in [2.45, 2.75) is 13.3 Å². The minimum atomic E-state index is 0.594. The van der Waals surface area contributed by atoms with E-state index in [1.165, 1.54) is 0 Å². The van der Waals surface area contributed by atoms with Crippen LogP contribution in [0.2, 0.25) is 0 Å². The fourth-order valence-electron chi connectivity index (χ4n) is 1.83. The van der Waals surface area contributed by atoms with E-state index in [4.69, 9.17) is 15.2 Å². The first kappa shape index (κ1) is 14.8. The molecule has 2 aromatic rings. The van der Waals surface area contributed by atoms with Gasteiger partial charge in [0.2, 0.25) is 5.88 Å².